The molecule has 0 radical (unpaired) electrons. The topological polar surface area (TPSA) is 79.0 Å². The molecular weight excluding hydrogens is 250 g/mol. The maximum absolute atomic E-state index is 12.2. The fraction of sp³-hybridized carbons (Fsp3) is 0.500. The Hall–Kier alpha value is -1.68. The summed E-state index contributed by atoms with van der Waals surface area (Å²) in [6.07, 6.45) is 0.660. The lowest BCUT2D eigenvalue weighted by Gasteiger charge is -2.22. The summed E-state index contributed by atoms with van der Waals surface area (Å²) < 4.78 is 0. The van der Waals surface area contributed by atoms with E-state index in [0.717, 1.165) is 5.56 Å². The smallest absolute Gasteiger partial charge is 0.152 e. The van der Waals surface area contributed by atoms with Crippen molar-refractivity contribution in [3.05, 3.63) is 35.4 Å². The van der Waals surface area contributed by atoms with Crippen LogP contribution in [0, 0.1) is 11.3 Å². The third-order valence-electron chi connectivity index (χ3n) is 3.15. The molecule has 0 saturated heterocycles. The average Bonchev–Trinajstić information content (AvgIpc) is 2.37. The quantitative estimate of drug-likeness (QED) is 0.526. The van der Waals surface area contributed by atoms with Gasteiger partial charge in [-0.3, -0.25) is 10.2 Å². The first-order valence-electron chi connectivity index (χ1n) is 7.04. The van der Waals surface area contributed by atoms with Crippen LogP contribution in [0.3, 0.4) is 0 Å². The van der Waals surface area contributed by atoms with Crippen LogP contribution in [0.1, 0.15) is 38.8 Å². The summed E-state index contributed by atoms with van der Waals surface area (Å²) >= 11 is 0. The van der Waals surface area contributed by atoms with E-state index < -0.39 is 0 Å². The van der Waals surface area contributed by atoms with E-state index >= 15 is 0 Å². The Bertz CT molecular complexity index is 463. The van der Waals surface area contributed by atoms with E-state index in [9.17, 15) is 4.79 Å². The summed E-state index contributed by atoms with van der Waals surface area (Å²) in [4.78, 5) is 12.2. The number of amidine groups is 1. The Labute approximate surface area is 121 Å². The summed E-state index contributed by atoms with van der Waals surface area (Å²) in [6.45, 7) is 7.94. The second kappa shape index (κ2) is 7.20. The normalized spacial score (nSPS) is 12.7. The molecule has 4 N–H and O–H groups in total. The third-order valence-corrected chi connectivity index (χ3v) is 3.15. The first-order valence-corrected chi connectivity index (χ1v) is 7.04. The maximum Gasteiger partial charge on any atom is 0.152 e. The minimum absolute atomic E-state index is 0.0164. The van der Waals surface area contributed by atoms with Crippen LogP contribution in [0.25, 0.3) is 0 Å². The van der Waals surface area contributed by atoms with Crippen LogP contribution in [0.2, 0.25) is 0 Å². The highest BCUT2D eigenvalue weighted by atomic mass is 16.1. The predicted octanol–water partition coefficient (Wildman–Crippen LogP) is 2.10. The van der Waals surface area contributed by atoms with Crippen LogP contribution < -0.4 is 11.1 Å². The van der Waals surface area contributed by atoms with Gasteiger partial charge in [0.2, 0.25) is 0 Å². The molecule has 0 aromatic heterocycles. The molecule has 0 aliphatic heterocycles. The van der Waals surface area contributed by atoms with Gasteiger partial charge >= 0.3 is 0 Å². The zero-order valence-corrected chi connectivity index (χ0v) is 12.7. The van der Waals surface area contributed by atoms with E-state index in [0.29, 0.717) is 12.0 Å². The van der Waals surface area contributed by atoms with E-state index in [4.69, 9.17) is 11.1 Å². The molecule has 20 heavy (non-hydrogen) atoms. The minimum atomic E-state index is -0.168. The van der Waals surface area contributed by atoms with Crippen molar-refractivity contribution in [1.29, 1.82) is 5.41 Å². The SMILES string of the molecule is CC(C)NC(Cc1ccc(C(=N)N)cc1)C(=O)C(C)C. The summed E-state index contributed by atoms with van der Waals surface area (Å²) in [5, 5.41) is 10.7. The monoisotopic (exact) mass is 275 g/mol. The zero-order valence-electron chi connectivity index (χ0n) is 12.7. The summed E-state index contributed by atoms with van der Waals surface area (Å²) in [5.41, 5.74) is 7.21. The van der Waals surface area contributed by atoms with Crippen LogP contribution in [-0.2, 0) is 11.2 Å². The first kappa shape index (κ1) is 16.4. The highest BCUT2D eigenvalue weighted by Gasteiger charge is 2.21. The Kier molecular flexibility index (Phi) is 5.89. The van der Waals surface area contributed by atoms with Crippen LogP contribution >= 0.6 is 0 Å². The van der Waals surface area contributed by atoms with E-state index in [2.05, 4.69) is 5.32 Å². The number of hydrogen-bond acceptors (Lipinski definition) is 3. The largest absolute Gasteiger partial charge is 0.384 e. The number of carbonyl (C=O) groups excluding carboxylic acids is 1. The van der Waals surface area contributed by atoms with Gasteiger partial charge in [0.25, 0.3) is 0 Å². The van der Waals surface area contributed by atoms with Gasteiger partial charge in [0.1, 0.15) is 5.84 Å². The highest BCUT2D eigenvalue weighted by Crippen LogP contribution is 2.10. The molecule has 1 aromatic rings. The number of hydrogen-bond donors (Lipinski definition) is 3. The van der Waals surface area contributed by atoms with Gasteiger partial charge in [0, 0.05) is 17.5 Å². The molecule has 0 amide bonds. The molecule has 0 spiro atoms. The average molecular weight is 275 g/mol. The van der Waals surface area contributed by atoms with E-state index in [1.807, 2.05) is 52.0 Å². The molecule has 0 saturated carbocycles. The van der Waals surface area contributed by atoms with Crippen molar-refractivity contribution >= 4 is 11.6 Å². The summed E-state index contributed by atoms with van der Waals surface area (Å²) in [6, 6.07) is 7.60. The van der Waals surface area contributed by atoms with Crippen LogP contribution in [-0.4, -0.2) is 23.7 Å². The second-order valence-electron chi connectivity index (χ2n) is 5.75. The number of nitrogen functional groups attached to an aromatic ring is 1. The molecule has 0 fully saturated rings. The van der Waals surface area contributed by atoms with Crippen molar-refractivity contribution in [3.63, 3.8) is 0 Å². The minimum Gasteiger partial charge on any atom is -0.384 e. The summed E-state index contributed by atoms with van der Waals surface area (Å²) in [5.74, 6) is 0.309. The van der Waals surface area contributed by atoms with Crippen molar-refractivity contribution in [1.82, 2.24) is 5.32 Å². The fourth-order valence-corrected chi connectivity index (χ4v) is 2.10. The number of nitrogens with two attached hydrogens (primary N) is 1. The molecule has 110 valence electrons. The number of benzene rings is 1. The Morgan fingerprint density at radius 1 is 1.20 bits per heavy atom. The van der Waals surface area contributed by atoms with Gasteiger partial charge in [0.05, 0.1) is 6.04 Å². The molecule has 1 aromatic carbocycles. The second-order valence-corrected chi connectivity index (χ2v) is 5.75. The van der Waals surface area contributed by atoms with Gasteiger partial charge in [-0.05, 0) is 12.0 Å². The van der Waals surface area contributed by atoms with Gasteiger partial charge in [-0.15, -0.1) is 0 Å². The van der Waals surface area contributed by atoms with Gasteiger partial charge in [-0.2, -0.15) is 0 Å². The van der Waals surface area contributed by atoms with Crippen molar-refractivity contribution in [2.24, 2.45) is 11.7 Å². The van der Waals surface area contributed by atoms with Crippen molar-refractivity contribution < 1.29 is 4.79 Å². The molecule has 0 aliphatic rings. The number of carbonyl (C=O) groups is 1. The Morgan fingerprint density at radius 2 is 1.75 bits per heavy atom. The van der Waals surface area contributed by atoms with Crippen molar-refractivity contribution in [2.45, 2.75) is 46.2 Å². The van der Waals surface area contributed by atoms with Crippen molar-refractivity contribution in [3.8, 4) is 0 Å². The van der Waals surface area contributed by atoms with E-state index in [1.54, 1.807) is 0 Å². The van der Waals surface area contributed by atoms with Gasteiger partial charge < -0.3 is 11.1 Å². The molecule has 4 nitrogen and oxygen atoms in total. The lowest BCUT2D eigenvalue weighted by molar-refractivity contribution is -0.124. The number of nitrogens with one attached hydrogen (secondary N) is 2. The first-order chi connectivity index (χ1) is 9.31. The van der Waals surface area contributed by atoms with E-state index in [1.165, 1.54) is 0 Å². The molecular formula is C16H25N3O. The lowest BCUT2D eigenvalue weighted by atomic mass is 9.94. The zero-order chi connectivity index (χ0) is 15.3. The van der Waals surface area contributed by atoms with Crippen LogP contribution in [0.5, 0.6) is 0 Å². The number of ketones is 1. The van der Waals surface area contributed by atoms with Crippen LogP contribution in [0.4, 0.5) is 0 Å². The Balaban J connectivity index is 2.83. The standard InChI is InChI=1S/C16H25N3O/c1-10(2)15(20)14(19-11(3)4)9-12-5-7-13(8-6-12)16(17)18/h5-8,10-11,14,19H,9H2,1-4H3,(H3,17,18). The lowest BCUT2D eigenvalue weighted by Crippen LogP contribution is -2.44. The number of Topliss-reactive ketones (excluding diaryl/α,β-unsaturated/α-hetero) is 1. The molecule has 1 unspecified atom stereocenters. The van der Waals surface area contributed by atoms with Crippen LogP contribution in [0.15, 0.2) is 24.3 Å². The van der Waals surface area contributed by atoms with Gasteiger partial charge in [0.15, 0.2) is 5.78 Å². The van der Waals surface area contributed by atoms with E-state index in [-0.39, 0.29) is 29.6 Å². The Morgan fingerprint density at radius 3 is 2.15 bits per heavy atom. The number of rotatable bonds is 7. The highest BCUT2D eigenvalue weighted by molar-refractivity contribution is 5.94. The predicted molar refractivity (Wildman–Crippen MR) is 83.1 cm³/mol. The molecule has 1 rings (SSSR count). The van der Waals surface area contributed by atoms with Crippen molar-refractivity contribution in [2.75, 3.05) is 0 Å². The molecule has 0 bridgehead atoms. The van der Waals surface area contributed by atoms with Gasteiger partial charge in [-0.25, -0.2) is 0 Å². The fourth-order valence-electron chi connectivity index (χ4n) is 2.10. The maximum atomic E-state index is 12.2. The molecule has 1 atom stereocenters. The van der Waals surface area contributed by atoms with Gasteiger partial charge in [-0.1, -0.05) is 52.0 Å². The molecule has 0 heterocycles. The third kappa shape index (κ3) is 4.78. The molecule has 0 aliphatic carbocycles. The molecule has 4 heteroatoms. The summed E-state index contributed by atoms with van der Waals surface area (Å²) in [7, 11) is 0.